The van der Waals surface area contributed by atoms with Crippen LogP contribution in [0.1, 0.15) is 6.92 Å². The molecule has 0 saturated carbocycles. The van der Waals surface area contributed by atoms with Gasteiger partial charge in [0.2, 0.25) is 0 Å². The van der Waals surface area contributed by atoms with E-state index in [1.54, 1.807) is 6.92 Å². The lowest BCUT2D eigenvalue weighted by atomic mass is 10.0. The second-order valence-electron chi connectivity index (χ2n) is 6.49. The van der Waals surface area contributed by atoms with Gasteiger partial charge in [0.15, 0.2) is 0 Å². The number of benzene rings is 3. The molecule has 0 bridgehead atoms. The fourth-order valence-electron chi connectivity index (χ4n) is 2.85. The molecule has 0 heterocycles. The van der Waals surface area contributed by atoms with Gasteiger partial charge >= 0.3 is 12.1 Å². The van der Waals surface area contributed by atoms with E-state index in [4.69, 9.17) is 14.2 Å². The van der Waals surface area contributed by atoms with E-state index >= 15 is 0 Å². The number of carbonyl (C=O) groups is 2. The highest BCUT2D eigenvalue weighted by Crippen LogP contribution is 2.34. The normalized spacial score (nSPS) is 10.7. The molecule has 0 radical (unpaired) electrons. The maximum absolute atomic E-state index is 12.3. The minimum Gasteiger partial charge on any atom is -0.460 e. The van der Waals surface area contributed by atoms with Crippen molar-refractivity contribution in [3.8, 4) is 5.75 Å². The summed E-state index contributed by atoms with van der Waals surface area (Å²) in [4.78, 5) is 23.5. The number of amides is 1. The molecule has 1 amide bonds. The number of nitrogens with one attached hydrogen (secondary N) is 1. The first-order valence-corrected chi connectivity index (χ1v) is 9.33. The summed E-state index contributed by atoms with van der Waals surface area (Å²) < 4.78 is 15.9. The standard InChI is InChI=1S/C23H23NO5/c1-16(2)22(25)28-14-13-27-12-11-24-23(26)29-21-19-9-5-3-7-17(19)15-18-8-4-6-10-20(18)21/h3-10,15H,1,11-14H2,2H3,(H,24,26). The predicted octanol–water partition coefficient (Wildman–Crippen LogP) is 4.22. The summed E-state index contributed by atoms with van der Waals surface area (Å²) in [6.45, 7) is 6.00. The van der Waals surface area contributed by atoms with E-state index in [-0.39, 0.29) is 26.4 Å². The van der Waals surface area contributed by atoms with Crippen molar-refractivity contribution in [2.75, 3.05) is 26.4 Å². The molecule has 6 heteroatoms. The monoisotopic (exact) mass is 393 g/mol. The zero-order valence-corrected chi connectivity index (χ0v) is 16.3. The van der Waals surface area contributed by atoms with Gasteiger partial charge < -0.3 is 19.5 Å². The summed E-state index contributed by atoms with van der Waals surface area (Å²) in [5, 5.41) is 6.42. The third kappa shape index (κ3) is 5.33. The summed E-state index contributed by atoms with van der Waals surface area (Å²) in [6, 6.07) is 17.6. The Morgan fingerprint density at radius 3 is 2.17 bits per heavy atom. The molecule has 0 fully saturated rings. The molecule has 0 saturated heterocycles. The van der Waals surface area contributed by atoms with E-state index < -0.39 is 12.1 Å². The van der Waals surface area contributed by atoms with Crippen molar-refractivity contribution in [2.24, 2.45) is 0 Å². The van der Waals surface area contributed by atoms with E-state index in [0.29, 0.717) is 11.3 Å². The number of hydrogen-bond acceptors (Lipinski definition) is 5. The molecule has 3 rings (SSSR count). The van der Waals surface area contributed by atoms with Crippen LogP contribution in [-0.4, -0.2) is 38.4 Å². The Bertz CT molecular complexity index is 990. The van der Waals surface area contributed by atoms with Crippen molar-refractivity contribution < 1.29 is 23.8 Å². The van der Waals surface area contributed by atoms with Gasteiger partial charge in [-0.25, -0.2) is 9.59 Å². The van der Waals surface area contributed by atoms with Gasteiger partial charge in [-0.15, -0.1) is 0 Å². The average Bonchev–Trinajstić information content (AvgIpc) is 2.72. The van der Waals surface area contributed by atoms with Gasteiger partial charge in [-0.3, -0.25) is 0 Å². The molecule has 0 unspecified atom stereocenters. The van der Waals surface area contributed by atoms with Crippen LogP contribution in [0.5, 0.6) is 5.75 Å². The summed E-state index contributed by atoms with van der Waals surface area (Å²) in [6.07, 6.45) is -0.552. The summed E-state index contributed by atoms with van der Waals surface area (Å²) >= 11 is 0. The van der Waals surface area contributed by atoms with Gasteiger partial charge in [-0.1, -0.05) is 55.1 Å². The van der Waals surface area contributed by atoms with Crippen molar-refractivity contribution in [3.05, 3.63) is 66.7 Å². The molecule has 29 heavy (non-hydrogen) atoms. The first kappa shape index (κ1) is 20.4. The molecule has 6 nitrogen and oxygen atoms in total. The first-order valence-electron chi connectivity index (χ1n) is 9.33. The van der Waals surface area contributed by atoms with Gasteiger partial charge in [0.1, 0.15) is 12.4 Å². The molecule has 3 aromatic rings. The minimum atomic E-state index is -0.552. The number of carbonyl (C=O) groups excluding carboxylic acids is 2. The lowest BCUT2D eigenvalue weighted by molar-refractivity contribution is -0.140. The third-order valence-corrected chi connectivity index (χ3v) is 4.24. The summed E-state index contributed by atoms with van der Waals surface area (Å²) in [5.41, 5.74) is 0.343. The van der Waals surface area contributed by atoms with Crippen LogP contribution in [0.25, 0.3) is 21.5 Å². The topological polar surface area (TPSA) is 73.9 Å². The molecular formula is C23H23NO5. The van der Waals surface area contributed by atoms with Crippen molar-refractivity contribution >= 4 is 33.6 Å². The Morgan fingerprint density at radius 1 is 0.931 bits per heavy atom. The molecule has 0 spiro atoms. The number of fused-ring (bicyclic) bond motifs is 2. The van der Waals surface area contributed by atoms with Crippen LogP contribution in [0.3, 0.4) is 0 Å². The maximum Gasteiger partial charge on any atom is 0.412 e. The van der Waals surface area contributed by atoms with Gasteiger partial charge in [-0.05, 0) is 23.8 Å². The summed E-state index contributed by atoms with van der Waals surface area (Å²) in [7, 11) is 0. The van der Waals surface area contributed by atoms with Gasteiger partial charge in [0, 0.05) is 22.9 Å². The lowest BCUT2D eigenvalue weighted by Crippen LogP contribution is -2.30. The zero-order chi connectivity index (χ0) is 20.6. The minimum absolute atomic E-state index is 0.137. The molecule has 0 aromatic heterocycles. The average molecular weight is 393 g/mol. The van der Waals surface area contributed by atoms with E-state index in [0.717, 1.165) is 21.5 Å². The fraction of sp³-hybridized carbons (Fsp3) is 0.217. The molecule has 3 aromatic carbocycles. The predicted molar refractivity (Wildman–Crippen MR) is 112 cm³/mol. The Hall–Kier alpha value is -3.38. The molecular weight excluding hydrogens is 370 g/mol. The van der Waals surface area contributed by atoms with Gasteiger partial charge in [0.05, 0.1) is 13.2 Å². The first-order chi connectivity index (χ1) is 14.1. The third-order valence-electron chi connectivity index (χ3n) is 4.24. The van der Waals surface area contributed by atoms with E-state index in [2.05, 4.69) is 18.0 Å². The highest BCUT2D eigenvalue weighted by atomic mass is 16.6. The fourth-order valence-corrected chi connectivity index (χ4v) is 2.85. The van der Waals surface area contributed by atoms with Crippen molar-refractivity contribution in [1.29, 1.82) is 0 Å². The molecule has 150 valence electrons. The second kappa shape index (κ2) is 9.71. The lowest BCUT2D eigenvalue weighted by Gasteiger charge is -2.12. The molecule has 0 atom stereocenters. The van der Waals surface area contributed by atoms with Crippen LogP contribution in [0.15, 0.2) is 66.7 Å². The van der Waals surface area contributed by atoms with Crippen molar-refractivity contribution in [2.45, 2.75) is 6.92 Å². The second-order valence-corrected chi connectivity index (χ2v) is 6.49. The van der Waals surface area contributed by atoms with Crippen LogP contribution < -0.4 is 10.1 Å². The van der Waals surface area contributed by atoms with Gasteiger partial charge in [0.25, 0.3) is 0 Å². The Balaban J connectivity index is 1.54. The highest BCUT2D eigenvalue weighted by molar-refractivity contribution is 6.06. The quantitative estimate of drug-likeness (QED) is 0.268. The Kier molecular flexibility index (Phi) is 6.81. The van der Waals surface area contributed by atoms with Crippen LogP contribution in [0.4, 0.5) is 4.79 Å². The Labute approximate surface area is 169 Å². The summed E-state index contributed by atoms with van der Waals surface area (Å²) in [5.74, 6) is 0.0847. The number of hydrogen-bond donors (Lipinski definition) is 1. The van der Waals surface area contributed by atoms with E-state index in [1.165, 1.54) is 0 Å². The highest BCUT2D eigenvalue weighted by Gasteiger charge is 2.12. The van der Waals surface area contributed by atoms with Crippen molar-refractivity contribution in [1.82, 2.24) is 5.32 Å². The van der Waals surface area contributed by atoms with Crippen molar-refractivity contribution in [3.63, 3.8) is 0 Å². The number of ether oxygens (including phenoxy) is 3. The maximum atomic E-state index is 12.3. The van der Waals surface area contributed by atoms with Crippen LogP contribution >= 0.6 is 0 Å². The number of rotatable bonds is 8. The van der Waals surface area contributed by atoms with Gasteiger partial charge in [-0.2, -0.15) is 0 Å². The van der Waals surface area contributed by atoms with Crippen LogP contribution in [0, 0.1) is 0 Å². The SMILES string of the molecule is C=C(C)C(=O)OCCOCCNC(=O)Oc1c2ccccc2cc2ccccc12. The van der Waals surface area contributed by atoms with E-state index in [9.17, 15) is 9.59 Å². The van der Waals surface area contributed by atoms with E-state index in [1.807, 2.05) is 48.5 Å². The zero-order valence-electron chi connectivity index (χ0n) is 16.3. The molecule has 0 aliphatic carbocycles. The van der Waals surface area contributed by atoms with Crippen LogP contribution in [0.2, 0.25) is 0 Å². The largest absolute Gasteiger partial charge is 0.460 e. The number of esters is 1. The smallest absolute Gasteiger partial charge is 0.412 e. The molecule has 0 aliphatic heterocycles. The van der Waals surface area contributed by atoms with Crippen LogP contribution in [-0.2, 0) is 14.3 Å². The Morgan fingerprint density at radius 2 is 1.55 bits per heavy atom. The molecule has 0 aliphatic rings. The molecule has 1 N–H and O–H groups in total.